The van der Waals surface area contributed by atoms with E-state index in [0.29, 0.717) is 0 Å². The number of esters is 1. The molecular weight excluding hydrogens is 176 g/mol. The molecule has 0 amide bonds. The van der Waals surface area contributed by atoms with Gasteiger partial charge in [0.05, 0.1) is 7.11 Å². The molecular formula is C7H10N2O2S. The second-order valence-corrected chi connectivity index (χ2v) is 3.12. The molecule has 0 aromatic carbocycles. The molecule has 12 heavy (non-hydrogen) atoms. The highest BCUT2D eigenvalue weighted by molar-refractivity contribution is 7.13. The highest BCUT2D eigenvalue weighted by Gasteiger charge is 2.12. The second-order valence-electron chi connectivity index (χ2n) is 2.23. The van der Waals surface area contributed by atoms with Crippen molar-refractivity contribution < 1.29 is 9.53 Å². The van der Waals surface area contributed by atoms with Gasteiger partial charge in [-0.1, -0.05) is 0 Å². The third-order valence-electron chi connectivity index (χ3n) is 1.33. The molecule has 4 nitrogen and oxygen atoms in total. The Morgan fingerprint density at radius 1 is 1.83 bits per heavy atom. The minimum atomic E-state index is -0.346. The van der Waals surface area contributed by atoms with Gasteiger partial charge in [-0.15, -0.1) is 11.3 Å². The first-order valence-corrected chi connectivity index (χ1v) is 4.36. The first kappa shape index (κ1) is 8.99. The number of nitrogens with one attached hydrogen (secondary N) is 1. The molecule has 1 aromatic rings. The van der Waals surface area contributed by atoms with E-state index in [1.54, 1.807) is 13.1 Å². The smallest absolute Gasteiger partial charge is 0.328 e. The van der Waals surface area contributed by atoms with Crippen molar-refractivity contribution >= 4 is 22.4 Å². The van der Waals surface area contributed by atoms with E-state index in [1.807, 2.05) is 5.38 Å². The topological polar surface area (TPSA) is 51.2 Å². The van der Waals surface area contributed by atoms with Crippen molar-refractivity contribution in [1.29, 1.82) is 0 Å². The molecule has 0 aliphatic heterocycles. The zero-order valence-corrected chi connectivity index (χ0v) is 7.72. The lowest BCUT2D eigenvalue weighted by Crippen LogP contribution is -2.26. The second kappa shape index (κ2) is 4.06. The molecule has 1 heterocycles. The Hall–Kier alpha value is -1.10. The number of methoxy groups -OCH3 is 1. The predicted molar refractivity (Wildman–Crippen MR) is 47.2 cm³/mol. The fraction of sp³-hybridized carbons (Fsp3) is 0.429. The van der Waals surface area contributed by atoms with E-state index in [1.165, 1.54) is 18.4 Å². The van der Waals surface area contributed by atoms with Gasteiger partial charge in [0.2, 0.25) is 0 Å². The van der Waals surface area contributed by atoms with Crippen LogP contribution in [-0.2, 0) is 9.53 Å². The summed E-state index contributed by atoms with van der Waals surface area (Å²) in [5.41, 5.74) is 0. The Morgan fingerprint density at radius 2 is 2.58 bits per heavy atom. The molecule has 1 N–H and O–H groups in total. The zero-order valence-electron chi connectivity index (χ0n) is 6.90. The standard InChI is InChI=1S/C7H10N2O2S/c1-5(6(10)11-2)9-7-8-3-4-12-7/h3-5H,1-2H3,(H,8,9). The molecule has 0 saturated heterocycles. The lowest BCUT2D eigenvalue weighted by Gasteiger charge is -2.09. The minimum absolute atomic E-state index is 0.287. The molecule has 0 fully saturated rings. The summed E-state index contributed by atoms with van der Waals surface area (Å²) in [5.74, 6) is -0.287. The van der Waals surface area contributed by atoms with Gasteiger partial charge in [-0.3, -0.25) is 0 Å². The third kappa shape index (κ3) is 2.20. The van der Waals surface area contributed by atoms with E-state index >= 15 is 0 Å². The van der Waals surface area contributed by atoms with E-state index < -0.39 is 0 Å². The molecule has 1 aromatic heterocycles. The summed E-state index contributed by atoms with van der Waals surface area (Å²) in [4.78, 5) is 14.9. The third-order valence-corrected chi connectivity index (χ3v) is 2.03. The normalized spacial score (nSPS) is 12.2. The lowest BCUT2D eigenvalue weighted by molar-refractivity contribution is -0.141. The van der Waals surface area contributed by atoms with Crippen LogP contribution < -0.4 is 5.32 Å². The van der Waals surface area contributed by atoms with Gasteiger partial charge < -0.3 is 10.1 Å². The Balaban J connectivity index is 2.47. The van der Waals surface area contributed by atoms with Crippen LogP contribution in [0.15, 0.2) is 11.6 Å². The lowest BCUT2D eigenvalue weighted by atomic mass is 10.3. The van der Waals surface area contributed by atoms with Crippen LogP contribution in [0.4, 0.5) is 5.13 Å². The van der Waals surface area contributed by atoms with Crippen LogP contribution in [0.3, 0.4) is 0 Å². The van der Waals surface area contributed by atoms with Crippen LogP contribution in [0.1, 0.15) is 6.92 Å². The number of carbonyl (C=O) groups excluding carboxylic acids is 1. The van der Waals surface area contributed by atoms with Crippen molar-refractivity contribution in [2.75, 3.05) is 12.4 Å². The Bertz CT molecular complexity index is 248. The molecule has 1 rings (SSSR count). The molecule has 66 valence electrons. The van der Waals surface area contributed by atoms with Crippen LogP contribution >= 0.6 is 11.3 Å². The molecule has 0 aliphatic rings. The first-order chi connectivity index (χ1) is 5.74. The minimum Gasteiger partial charge on any atom is -0.467 e. The highest BCUT2D eigenvalue weighted by Crippen LogP contribution is 2.11. The van der Waals surface area contributed by atoms with Gasteiger partial charge in [0, 0.05) is 11.6 Å². The Labute approximate surface area is 74.6 Å². The van der Waals surface area contributed by atoms with Gasteiger partial charge in [0.15, 0.2) is 5.13 Å². The average Bonchev–Trinajstić information content (AvgIpc) is 2.55. The van der Waals surface area contributed by atoms with Crippen LogP contribution in [0, 0.1) is 0 Å². The number of thiazole rings is 1. The Kier molecular flexibility index (Phi) is 3.04. The summed E-state index contributed by atoms with van der Waals surface area (Å²) < 4.78 is 4.54. The summed E-state index contributed by atoms with van der Waals surface area (Å²) in [6, 6.07) is -0.346. The number of ether oxygens (including phenoxy) is 1. The number of carbonyl (C=O) groups is 1. The molecule has 0 aliphatic carbocycles. The van der Waals surface area contributed by atoms with Gasteiger partial charge in [0.25, 0.3) is 0 Å². The maximum absolute atomic E-state index is 10.9. The van der Waals surface area contributed by atoms with Crippen LogP contribution in [0.2, 0.25) is 0 Å². The van der Waals surface area contributed by atoms with Crippen molar-refractivity contribution in [2.24, 2.45) is 0 Å². The fourth-order valence-corrected chi connectivity index (χ4v) is 1.33. The van der Waals surface area contributed by atoms with Gasteiger partial charge in [-0.2, -0.15) is 0 Å². The van der Waals surface area contributed by atoms with Crippen molar-refractivity contribution in [1.82, 2.24) is 4.98 Å². The number of rotatable bonds is 3. The molecule has 1 unspecified atom stereocenters. The molecule has 0 radical (unpaired) electrons. The number of hydrogen-bond donors (Lipinski definition) is 1. The van der Waals surface area contributed by atoms with E-state index in [-0.39, 0.29) is 12.0 Å². The largest absolute Gasteiger partial charge is 0.467 e. The van der Waals surface area contributed by atoms with Gasteiger partial charge in [-0.05, 0) is 6.92 Å². The van der Waals surface area contributed by atoms with E-state index in [9.17, 15) is 4.79 Å². The number of aromatic nitrogens is 1. The first-order valence-electron chi connectivity index (χ1n) is 3.48. The Morgan fingerprint density at radius 3 is 3.08 bits per heavy atom. The van der Waals surface area contributed by atoms with Crippen molar-refractivity contribution in [3.8, 4) is 0 Å². The predicted octanol–water partition coefficient (Wildman–Crippen LogP) is 1.12. The molecule has 0 spiro atoms. The zero-order chi connectivity index (χ0) is 8.97. The van der Waals surface area contributed by atoms with E-state index in [0.717, 1.165) is 5.13 Å². The summed E-state index contributed by atoms with van der Waals surface area (Å²) >= 11 is 1.45. The maximum atomic E-state index is 10.9. The highest BCUT2D eigenvalue weighted by atomic mass is 32.1. The van der Waals surface area contributed by atoms with Gasteiger partial charge >= 0.3 is 5.97 Å². The summed E-state index contributed by atoms with van der Waals surface area (Å²) in [6.07, 6.45) is 1.68. The monoisotopic (exact) mass is 186 g/mol. The number of nitrogens with zero attached hydrogens (tertiary/aromatic N) is 1. The van der Waals surface area contributed by atoms with Gasteiger partial charge in [-0.25, -0.2) is 9.78 Å². The van der Waals surface area contributed by atoms with Gasteiger partial charge in [0.1, 0.15) is 6.04 Å². The van der Waals surface area contributed by atoms with E-state index in [2.05, 4.69) is 15.0 Å². The number of hydrogen-bond acceptors (Lipinski definition) is 5. The van der Waals surface area contributed by atoms with Crippen molar-refractivity contribution in [3.63, 3.8) is 0 Å². The molecule has 0 saturated carbocycles. The van der Waals surface area contributed by atoms with Crippen molar-refractivity contribution in [3.05, 3.63) is 11.6 Å². The summed E-state index contributed by atoms with van der Waals surface area (Å²) in [6.45, 7) is 1.73. The van der Waals surface area contributed by atoms with E-state index in [4.69, 9.17) is 0 Å². The summed E-state index contributed by atoms with van der Waals surface area (Å²) in [5, 5.41) is 5.47. The fourth-order valence-electron chi connectivity index (χ4n) is 0.716. The van der Waals surface area contributed by atoms with Crippen molar-refractivity contribution in [2.45, 2.75) is 13.0 Å². The van der Waals surface area contributed by atoms with Crippen LogP contribution in [0.5, 0.6) is 0 Å². The average molecular weight is 186 g/mol. The summed E-state index contributed by atoms with van der Waals surface area (Å²) in [7, 11) is 1.36. The van der Waals surface area contributed by atoms with Crippen LogP contribution in [-0.4, -0.2) is 24.1 Å². The number of anilines is 1. The quantitative estimate of drug-likeness (QED) is 0.718. The maximum Gasteiger partial charge on any atom is 0.328 e. The SMILES string of the molecule is COC(=O)C(C)Nc1nccs1. The molecule has 0 bridgehead atoms. The van der Waals surface area contributed by atoms with Crippen LogP contribution in [0.25, 0.3) is 0 Å². The molecule has 5 heteroatoms. The molecule has 1 atom stereocenters.